The Bertz CT molecular complexity index is 701. The van der Waals surface area contributed by atoms with E-state index in [4.69, 9.17) is 9.47 Å². The molecule has 0 unspecified atom stereocenters. The predicted molar refractivity (Wildman–Crippen MR) is 101 cm³/mol. The summed E-state index contributed by atoms with van der Waals surface area (Å²) >= 11 is 0. The molecular formula is C20H26N2O3. The van der Waals surface area contributed by atoms with E-state index < -0.39 is 6.10 Å². The van der Waals surface area contributed by atoms with Gasteiger partial charge in [-0.3, -0.25) is 4.79 Å². The summed E-state index contributed by atoms with van der Waals surface area (Å²) in [4.78, 5) is 11.9. The minimum atomic E-state index is -0.489. The van der Waals surface area contributed by atoms with Gasteiger partial charge in [0, 0.05) is 30.6 Å². The minimum Gasteiger partial charge on any atom is -0.491 e. The molecule has 5 nitrogen and oxygen atoms in total. The second-order valence-corrected chi connectivity index (χ2v) is 6.08. The third-order valence-corrected chi connectivity index (χ3v) is 3.67. The maximum atomic E-state index is 11.9. The second kappa shape index (κ2) is 9.08. The van der Waals surface area contributed by atoms with Crippen molar-refractivity contribution in [2.75, 3.05) is 17.7 Å². The zero-order chi connectivity index (χ0) is 18.2. The molecule has 0 aliphatic heterocycles. The standard InChI is InChI=1S/C20H26N2O3/c1-14(2)25-19-11-6-5-8-16(19)13-21-17-9-7-10-18(12-17)22-20(23)15(3)24-4/h5-12,14-15,21H,13H2,1-4H3,(H,22,23)/t15-/m1/s1. The quantitative estimate of drug-likeness (QED) is 0.759. The number of anilines is 2. The van der Waals surface area contributed by atoms with Gasteiger partial charge in [0.25, 0.3) is 5.91 Å². The van der Waals surface area contributed by atoms with Crippen LogP contribution in [0, 0.1) is 0 Å². The Balaban J connectivity index is 2.02. The van der Waals surface area contributed by atoms with E-state index in [2.05, 4.69) is 10.6 Å². The van der Waals surface area contributed by atoms with Gasteiger partial charge in [-0.2, -0.15) is 0 Å². The van der Waals surface area contributed by atoms with Crippen molar-refractivity contribution in [2.45, 2.75) is 39.5 Å². The molecule has 0 saturated carbocycles. The van der Waals surface area contributed by atoms with Gasteiger partial charge in [0.2, 0.25) is 0 Å². The molecule has 0 saturated heterocycles. The van der Waals surface area contributed by atoms with E-state index in [1.54, 1.807) is 6.92 Å². The normalized spacial score (nSPS) is 11.9. The molecule has 25 heavy (non-hydrogen) atoms. The Hall–Kier alpha value is -2.53. The molecule has 0 aromatic heterocycles. The fourth-order valence-electron chi connectivity index (χ4n) is 2.27. The van der Waals surface area contributed by atoms with Crippen LogP contribution < -0.4 is 15.4 Å². The maximum absolute atomic E-state index is 11.9. The van der Waals surface area contributed by atoms with Crippen molar-refractivity contribution >= 4 is 17.3 Å². The highest BCUT2D eigenvalue weighted by Gasteiger charge is 2.11. The summed E-state index contributed by atoms with van der Waals surface area (Å²) in [5, 5.41) is 6.21. The highest BCUT2D eigenvalue weighted by atomic mass is 16.5. The number of para-hydroxylation sites is 1. The maximum Gasteiger partial charge on any atom is 0.253 e. The Morgan fingerprint density at radius 2 is 1.76 bits per heavy atom. The van der Waals surface area contributed by atoms with Crippen LogP contribution in [-0.4, -0.2) is 25.2 Å². The number of amides is 1. The Morgan fingerprint density at radius 3 is 2.48 bits per heavy atom. The molecule has 2 rings (SSSR count). The molecule has 0 spiro atoms. The molecule has 134 valence electrons. The van der Waals surface area contributed by atoms with E-state index in [0.29, 0.717) is 6.54 Å². The highest BCUT2D eigenvalue weighted by Crippen LogP contribution is 2.22. The van der Waals surface area contributed by atoms with Crippen molar-refractivity contribution in [3.05, 3.63) is 54.1 Å². The van der Waals surface area contributed by atoms with Crippen molar-refractivity contribution in [3.63, 3.8) is 0 Å². The molecule has 0 aliphatic rings. The van der Waals surface area contributed by atoms with Crippen LogP contribution in [0.1, 0.15) is 26.3 Å². The molecular weight excluding hydrogens is 316 g/mol. The summed E-state index contributed by atoms with van der Waals surface area (Å²) in [6.07, 6.45) is -0.362. The smallest absolute Gasteiger partial charge is 0.253 e. The lowest BCUT2D eigenvalue weighted by Gasteiger charge is -2.15. The average molecular weight is 342 g/mol. The van der Waals surface area contributed by atoms with Crippen molar-refractivity contribution in [2.24, 2.45) is 0 Å². The van der Waals surface area contributed by atoms with Crippen LogP contribution in [0.4, 0.5) is 11.4 Å². The van der Waals surface area contributed by atoms with Crippen LogP contribution in [-0.2, 0) is 16.1 Å². The van der Waals surface area contributed by atoms with Crippen LogP contribution in [0.15, 0.2) is 48.5 Å². The molecule has 1 atom stereocenters. The summed E-state index contributed by atoms with van der Waals surface area (Å²) in [5.74, 6) is 0.707. The first-order chi connectivity index (χ1) is 12.0. The molecule has 5 heteroatoms. The highest BCUT2D eigenvalue weighted by molar-refractivity contribution is 5.94. The van der Waals surface area contributed by atoms with Crippen molar-refractivity contribution in [1.29, 1.82) is 0 Å². The SMILES string of the molecule is CO[C@H](C)C(=O)Nc1cccc(NCc2ccccc2OC(C)C)c1. The minimum absolute atomic E-state index is 0.127. The van der Waals surface area contributed by atoms with Gasteiger partial charge in [-0.1, -0.05) is 24.3 Å². The van der Waals surface area contributed by atoms with Gasteiger partial charge in [-0.15, -0.1) is 0 Å². The number of carbonyl (C=O) groups excluding carboxylic acids is 1. The number of nitrogens with one attached hydrogen (secondary N) is 2. The van der Waals surface area contributed by atoms with E-state index >= 15 is 0 Å². The van der Waals surface area contributed by atoms with E-state index in [1.165, 1.54) is 7.11 Å². The zero-order valence-corrected chi connectivity index (χ0v) is 15.2. The Labute approximate surface area is 149 Å². The predicted octanol–water partition coefficient (Wildman–Crippen LogP) is 4.06. The van der Waals surface area contributed by atoms with Gasteiger partial charge in [0.1, 0.15) is 11.9 Å². The van der Waals surface area contributed by atoms with Crippen LogP contribution in [0.2, 0.25) is 0 Å². The number of ether oxygens (including phenoxy) is 2. The first-order valence-corrected chi connectivity index (χ1v) is 8.41. The van der Waals surface area contributed by atoms with Crippen molar-refractivity contribution in [3.8, 4) is 5.75 Å². The molecule has 1 amide bonds. The largest absolute Gasteiger partial charge is 0.491 e. The van der Waals surface area contributed by atoms with E-state index in [-0.39, 0.29) is 12.0 Å². The topological polar surface area (TPSA) is 59.6 Å². The summed E-state index contributed by atoms with van der Waals surface area (Å²) in [6, 6.07) is 15.6. The van der Waals surface area contributed by atoms with E-state index in [1.807, 2.05) is 62.4 Å². The lowest BCUT2D eigenvalue weighted by molar-refractivity contribution is -0.124. The monoisotopic (exact) mass is 342 g/mol. The van der Waals surface area contributed by atoms with E-state index in [0.717, 1.165) is 22.7 Å². The summed E-state index contributed by atoms with van der Waals surface area (Å²) < 4.78 is 10.9. The molecule has 0 radical (unpaired) electrons. The average Bonchev–Trinajstić information content (AvgIpc) is 2.60. The fourth-order valence-corrected chi connectivity index (χ4v) is 2.27. The van der Waals surface area contributed by atoms with Crippen LogP contribution in [0.3, 0.4) is 0 Å². The first-order valence-electron chi connectivity index (χ1n) is 8.41. The first kappa shape index (κ1) is 18.8. The third-order valence-electron chi connectivity index (χ3n) is 3.67. The number of rotatable bonds is 8. The lowest BCUT2D eigenvalue weighted by atomic mass is 10.2. The Morgan fingerprint density at radius 1 is 1.04 bits per heavy atom. The van der Waals surface area contributed by atoms with Gasteiger partial charge < -0.3 is 20.1 Å². The number of methoxy groups -OCH3 is 1. The molecule has 0 heterocycles. The number of carbonyl (C=O) groups is 1. The summed E-state index contributed by atoms with van der Waals surface area (Å²) in [6.45, 7) is 6.37. The van der Waals surface area contributed by atoms with Gasteiger partial charge in [-0.05, 0) is 45.0 Å². The van der Waals surface area contributed by atoms with Crippen molar-refractivity contribution < 1.29 is 14.3 Å². The fraction of sp³-hybridized carbons (Fsp3) is 0.350. The third kappa shape index (κ3) is 5.80. The summed E-state index contributed by atoms with van der Waals surface area (Å²) in [7, 11) is 1.51. The van der Waals surface area contributed by atoms with Gasteiger partial charge in [-0.25, -0.2) is 0 Å². The molecule has 2 aromatic rings. The number of hydrogen-bond donors (Lipinski definition) is 2. The molecule has 2 aromatic carbocycles. The lowest BCUT2D eigenvalue weighted by Crippen LogP contribution is -2.26. The van der Waals surface area contributed by atoms with Gasteiger partial charge in [0.05, 0.1) is 6.10 Å². The molecule has 2 N–H and O–H groups in total. The van der Waals surface area contributed by atoms with Crippen molar-refractivity contribution in [1.82, 2.24) is 0 Å². The second-order valence-electron chi connectivity index (χ2n) is 6.08. The number of benzene rings is 2. The van der Waals surface area contributed by atoms with Crippen LogP contribution >= 0.6 is 0 Å². The van der Waals surface area contributed by atoms with Crippen LogP contribution in [0.5, 0.6) is 5.75 Å². The summed E-state index contributed by atoms with van der Waals surface area (Å²) in [5.41, 5.74) is 2.73. The van der Waals surface area contributed by atoms with Gasteiger partial charge in [0.15, 0.2) is 0 Å². The molecule has 0 aliphatic carbocycles. The molecule has 0 fully saturated rings. The zero-order valence-electron chi connectivity index (χ0n) is 15.2. The molecule has 0 bridgehead atoms. The van der Waals surface area contributed by atoms with Gasteiger partial charge >= 0.3 is 0 Å². The van der Waals surface area contributed by atoms with E-state index in [9.17, 15) is 4.79 Å². The van der Waals surface area contributed by atoms with Crippen LogP contribution in [0.25, 0.3) is 0 Å². The number of hydrogen-bond acceptors (Lipinski definition) is 4. The Kier molecular flexibility index (Phi) is 6.83.